The third-order valence-electron chi connectivity index (χ3n) is 3.71. The van der Waals surface area contributed by atoms with E-state index in [0.717, 1.165) is 17.1 Å². The Morgan fingerprint density at radius 1 is 1.00 bits per heavy atom. The fraction of sp³-hybridized carbons (Fsp3) is 0.0588. The van der Waals surface area contributed by atoms with Gasteiger partial charge in [0.2, 0.25) is 5.82 Å². The number of hydrazine groups is 1. The summed E-state index contributed by atoms with van der Waals surface area (Å²) in [4.78, 5) is 3.91. The van der Waals surface area contributed by atoms with Gasteiger partial charge in [0.15, 0.2) is 0 Å². The first-order valence-electron chi connectivity index (χ1n) is 7.44. The van der Waals surface area contributed by atoms with Gasteiger partial charge in [-0.05, 0) is 31.2 Å². The molecule has 0 radical (unpaired) electrons. The Labute approximate surface area is 146 Å². The van der Waals surface area contributed by atoms with Crippen LogP contribution in [0, 0.1) is 17.5 Å². The number of allylic oxidation sites excluding steroid dienone is 1. The van der Waals surface area contributed by atoms with Gasteiger partial charge in [-0.1, -0.05) is 23.4 Å². The monoisotopic (exact) mass is 361 g/mol. The van der Waals surface area contributed by atoms with E-state index in [0.29, 0.717) is 0 Å². The molecule has 0 aliphatic carbocycles. The van der Waals surface area contributed by atoms with Crippen molar-refractivity contribution in [3.63, 3.8) is 0 Å². The number of hydrogen-bond acceptors (Lipinski definition) is 6. The van der Waals surface area contributed by atoms with E-state index in [1.807, 2.05) is 0 Å². The molecule has 0 saturated heterocycles. The smallest absolute Gasteiger partial charge is 0.275 e. The molecule has 2 aromatic carbocycles. The van der Waals surface area contributed by atoms with Crippen LogP contribution in [0.2, 0.25) is 0 Å². The summed E-state index contributed by atoms with van der Waals surface area (Å²) in [6.45, 7) is 1.51. The fourth-order valence-corrected chi connectivity index (χ4v) is 2.26. The molecule has 134 valence electrons. The number of para-hydroxylation sites is 1. The van der Waals surface area contributed by atoms with E-state index in [9.17, 15) is 13.2 Å². The third-order valence-corrected chi connectivity index (χ3v) is 3.71. The summed E-state index contributed by atoms with van der Waals surface area (Å²) in [6.07, 6.45) is 0. The maximum atomic E-state index is 13.9. The van der Waals surface area contributed by atoms with Gasteiger partial charge in [-0.15, -0.1) is 0 Å². The molecule has 0 bridgehead atoms. The van der Waals surface area contributed by atoms with Gasteiger partial charge in [-0.3, -0.25) is 5.01 Å². The summed E-state index contributed by atoms with van der Waals surface area (Å²) < 4.78 is 46.5. The molecular formula is C17H14F3N5O. The van der Waals surface area contributed by atoms with E-state index in [1.54, 1.807) is 6.07 Å². The lowest BCUT2D eigenvalue weighted by Gasteiger charge is -2.20. The minimum Gasteiger partial charge on any atom is -0.393 e. The van der Waals surface area contributed by atoms with Crippen LogP contribution >= 0.6 is 0 Å². The van der Waals surface area contributed by atoms with Crippen LogP contribution < -0.4 is 16.6 Å². The summed E-state index contributed by atoms with van der Waals surface area (Å²) >= 11 is 0. The quantitative estimate of drug-likeness (QED) is 0.547. The van der Waals surface area contributed by atoms with Crippen LogP contribution in [0.4, 0.5) is 18.9 Å². The molecule has 3 aromatic rings. The summed E-state index contributed by atoms with van der Waals surface area (Å²) in [6, 6.07) is 9.17. The Bertz CT molecular complexity index is 966. The van der Waals surface area contributed by atoms with Gasteiger partial charge >= 0.3 is 0 Å². The molecule has 3 rings (SSSR count). The molecule has 0 atom stereocenters. The van der Waals surface area contributed by atoms with Crippen LogP contribution in [-0.4, -0.2) is 10.1 Å². The Morgan fingerprint density at radius 3 is 2.27 bits per heavy atom. The number of hydrogen-bond donors (Lipinski definition) is 2. The van der Waals surface area contributed by atoms with Crippen molar-refractivity contribution >= 4 is 11.4 Å². The Balaban J connectivity index is 1.98. The van der Waals surface area contributed by atoms with Gasteiger partial charge < -0.3 is 10.3 Å². The first kappa shape index (κ1) is 17.5. The number of aromatic nitrogens is 2. The van der Waals surface area contributed by atoms with E-state index in [1.165, 1.54) is 31.2 Å². The molecule has 1 aromatic heterocycles. The Morgan fingerprint density at radius 2 is 1.62 bits per heavy atom. The second kappa shape index (κ2) is 6.89. The fourth-order valence-electron chi connectivity index (χ4n) is 2.26. The van der Waals surface area contributed by atoms with Gasteiger partial charge in [-0.2, -0.15) is 4.98 Å². The number of nitrogens with zero attached hydrogens (tertiary/aromatic N) is 3. The average Bonchev–Trinajstić information content (AvgIpc) is 3.10. The minimum atomic E-state index is -0.844. The second-order valence-corrected chi connectivity index (χ2v) is 5.34. The van der Waals surface area contributed by atoms with Gasteiger partial charge in [0, 0.05) is 0 Å². The van der Waals surface area contributed by atoms with Gasteiger partial charge in [-0.25, -0.2) is 19.0 Å². The summed E-state index contributed by atoms with van der Waals surface area (Å²) in [5, 5.41) is 4.56. The zero-order valence-electron chi connectivity index (χ0n) is 13.6. The number of nitrogens with two attached hydrogens (primary N) is 2. The largest absolute Gasteiger partial charge is 0.393 e. The van der Waals surface area contributed by atoms with E-state index in [-0.39, 0.29) is 28.8 Å². The van der Waals surface area contributed by atoms with Gasteiger partial charge in [0.1, 0.15) is 23.1 Å². The average molecular weight is 361 g/mol. The van der Waals surface area contributed by atoms with E-state index < -0.39 is 23.0 Å². The van der Waals surface area contributed by atoms with Crippen molar-refractivity contribution in [2.45, 2.75) is 6.92 Å². The standard InChI is InChI=1S/C17H14F3N5O/c1-9(25(22)13-8-3-2-5-10(13)18)15(21)17-23-16(24-26-17)14-11(19)6-4-7-12(14)20/h2-8H,21-22H2,1H3/b15-9-. The molecule has 0 fully saturated rings. The highest BCUT2D eigenvalue weighted by molar-refractivity contribution is 5.67. The van der Waals surface area contributed by atoms with E-state index in [4.69, 9.17) is 16.1 Å². The number of benzene rings is 2. The Kier molecular flexibility index (Phi) is 4.63. The van der Waals surface area contributed by atoms with Crippen molar-refractivity contribution in [3.05, 3.63) is 71.5 Å². The lowest BCUT2D eigenvalue weighted by Crippen LogP contribution is -2.31. The summed E-state index contributed by atoms with van der Waals surface area (Å²) in [7, 11) is 0. The van der Waals surface area contributed by atoms with Crippen LogP contribution in [0.25, 0.3) is 17.1 Å². The molecule has 0 spiro atoms. The molecule has 0 unspecified atom stereocenters. The number of anilines is 1. The van der Waals surface area contributed by atoms with Crippen LogP contribution in [-0.2, 0) is 0 Å². The highest BCUT2D eigenvalue weighted by atomic mass is 19.1. The Hall–Kier alpha value is -3.33. The van der Waals surface area contributed by atoms with Crippen LogP contribution in [0.1, 0.15) is 12.8 Å². The SMILES string of the molecule is C/C(=C(/N)c1nc(-c2c(F)cccc2F)no1)N(N)c1ccccc1F. The van der Waals surface area contributed by atoms with Gasteiger partial charge in [0.05, 0.1) is 16.9 Å². The van der Waals surface area contributed by atoms with Gasteiger partial charge in [0.25, 0.3) is 5.89 Å². The van der Waals surface area contributed by atoms with E-state index in [2.05, 4.69) is 10.1 Å². The molecule has 0 aliphatic heterocycles. The predicted molar refractivity (Wildman–Crippen MR) is 89.5 cm³/mol. The molecule has 26 heavy (non-hydrogen) atoms. The van der Waals surface area contributed by atoms with Crippen LogP contribution in [0.5, 0.6) is 0 Å². The highest BCUT2D eigenvalue weighted by Crippen LogP contribution is 2.26. The van der Waals surface area contributed by atoms with Crippen molar-refractivity contribution in [2.24, 2.45) is 11.6 Å². The normalized spacial score (nSPS) is 12.0. The second-order valence-electron chi connectivity index (χ2n) is 5.34. The summed E-state index contributed by atoms with van der Waals surface area (Å²) in [5.41, 5.74) is 5.73. The molecule has 1 heterocycles. The maximum absolute atomic E-state index is 13.9. The number of halogens is 3. The zero-order chi connectivity index (χ0) is 18.8. The molecule has 4 N–H and O–H groups in total. The van der Waals surface area contributed by atoms with Crippen molar-refractivity contribution in [1.82, 2.24) is 10.1 Å². The maximum Gasteiger partial charge on any atom is 0.275 e. The lowest BCUT2D eigenvalue weighted by molar-refractivity contribution is 0.406. The topological polar surface area (TPSA) is 94.2 Å². The third kappa shape index (κ3) is 3.11. The highest BCUT2D eigenvalue weighted by Gasteiger charge is 2.20. The van der Waals surface area contributed by atoms with Crippen molar-refractivity contribution in [1.29, 1.82) is 0 Å². The molecule has 0 aliphatic rings. The minimum absolute atomic E-state index is 0.0637. The molecule has 9 heteroatoms. The van der Waals surface area contributed by atoms with E-state index >= 15 is 0 Å². The van der Waals surface area contributed by atoms with Crippen LogP contribution in [0.15, 0.2) is 52.7 Å². The molecule has 6 nitrogen and oxygen atoms in total. The predicted octanol–water partition coefficient (Wildman–Crippen LogP) is 3.18. The lowest BCUT2D eigenvalue weighted by atomic mass is 10.2. The zero-order valence-corrected chi connectivity index (χ0v) is 13.6. The van der Waals surface area contributed by atoms with Crippen molar-refractivity contribution in [3.8, 4) is 11.4 Å². The number of rotatable bonds is 4. The summed E-state index contributed by atoms with van der Waals surface area (Å²) in [5.74, 6) is 3.14. The molecule has 0 saturated carbocycles. The molecular weight excluding hydrogens is 347 g/mol. The first-order chi connectivity index (χ1) is 12.4. The van der Waals surface area contributed by atoms with Crippen molar-refractivity contribution < 1.29 is 17.7 Å². The first-order valence-corrected chi connectivity index (χ1v) is 7.44. The van der Waals surface area contributed by atoms with Crippen molar-refractivity contribution in [2.75, 3.05) is 5.01 Å². The van der Waals surface area contributed by atoms with Crippen LogP contribution in [0.3, 0.4) is 0 Å². The molecule has 0 amide bonds.